The number of ketones is 1. The quantitative estimate of drug-likeness (QED) is 0.133. The molecule has 1 saturated heterocycles. The molecule has 0 aliphatic carbocycles. The first-order valence-corrected chi connectivity index (χ1v) is 13.4. The number of nitrogens with two attached hydrogens (primary N) is 1. The molecule has 1 aliphatic rings. The van der Waals surface area contributed by atoms with E-state index in [-0.39, 0.29) is 22.7 Å². The zero-order valence-electron chi connectivity index (χ0n) is 18.9. The van der Waals surface area contributed by atoms with Crippen LogP contribution in [0.1, 0.15) is 23.0 Å². The smallest absolute Gasteiger partial charge is 0.388 e. The number of aromatic amines is 1. The zero-order valence-corrected chi connectivity index (χ0v) is 20.7. The third-order valence-corrected chi connectivity index (χ3v) is 7.69. The SMILES string of the molecule is CNc1ccccc1C(=O)C1(O)CC(n2cnc3c(=O)[nH]c(N)nc32)OC1COP(=O)(O)OP(=O)(O)O. The molecule has 3 aromatic rings. The van der Waals surface area contributed by atoms with E-state index in [4.69, 9.17) is 20.3 Å². The number of aliphatic hydroxyl groups is 1. The highest BCUT2D eigenvalue weighted by molar-refractivity contribution is 7.60. The number of imidazole rings is 1. The maximum atomic E-state index is 13.6. The third kappa shape index (κ3) is 5.50. The van der Waals surface area contributed by atoms with E-state index in [1.165, 1.54) is 17.0 Å². The largest absolute Gasteiger partial charge is 0.481 e. The van der Waals surface area contributed by atoms with Gasteiger partial charge in [-0.05, 0) is 12.1 Å². The first-order valence-electron chi connectivity index (χ1n) is 10.4. The van der Waals surface area contributed by atoms with Crippen molar-refractivity contribution in [3.63, 3.8) is 0 Å². The highest BCUT2D eigenvalue weighted by Gasteiger charge is 2.55. The summed E-state index contributed by atoms with van der Waals surface area (Å²) >= 11 is 0. The minimum Gasteiger partial charge on any atom is -0.388 e. The maximum Gasteiger partial charge on any atom is 0.481 e. The van der Waals surface area contributed by atoms with Crippen LogP contribution in [-0.4, -0.2) is 70.4 Å². The van der Waals surface area contributed by atoms with Crippen molar-refractivity contribution in [2.45, 2.75) is 24.4 Å². The van der Waals surface area contributed by atoms with E-state index < -0.39 is 57.9 Å². The fourth-order valence-electron chi connectivity index (χ4n) is 3.93. The van der Waals surface area contributed by atoms with Gasteiger partial charge in [0.15, 0.2) is 22.5 Å². The molecule has 37 heavy (non-hydrogen) atoms. The number of fused-ring (bicyclic) bond motifs is 1. The van der Waals surface area contributed by atoms with Crippen molar-refractivity contribution in [3.05, 3.63) is 46.5 Å². The highest BCUT2D eigenvalue weighted by atomic mass is 31.3. The molecule has 1 fully saturated rings. The number of carbonyl (C=O) groups is 1. The second-order valence-electron chi connectivity index (χ2n) is 7.94. The monoisotopic (exact) mass is 560 g/mol. The van der Waals surface area contributed by atoms with Crippen LogP contribution in [0.25, 0.3) is 11.2 Å². The molecule has 4 rings (SSSR count). The van der Waals surface area contributed by atoms with Crippen LogP contribution in [0.5, 0.6) is 0 Å². The first-order chi connectivity index (χ1) is 17.2. The van der Waals surface area contributed by atoms with Crippen molar-refractivity contribution in [2.75, 3.05) is 24.7 Å². The zero-order chi connectivity index (χ0) is 27.2. The number of rotatable bonds is 9. The number of phosphoric ester groups is 1. The lowest BCUT2D eigenvalue weighted by atomic mass is 9.85. The average Bonchev–Trinajstić information content (AvgIpc) is 3.37. The molecule has 19 heteroatoms. The van der Waals surface area contributed by atoms with Gasteiger partial charge in [-0.2, -0.15) is 9.29 Å². The minimum absolute atomic E-state index is 0.0316. The van der Waals surface area contributed by atoms with E-state index in [1.54, 1.807) is 25.2 Å². The topological polar surface area (TPSA) is 261 Å². The van der Waals surface area contributed by atoms with E-state index in [0.717, 1.165) is 0 Å². The molecule has 8 N–H and O–H groups in total. The summed E-state index contributed by atoms with van der Waals surface area (Å²) in [6, 6.07) is 6.20. The number of nitrogen functional groups attached to an aromatic ring is 1. The van der Waals surface area contributed by atoms with Crippen LogP contribution in [0.15, 0.2) is 35.4 Å². The van der Waals surface area contributed by atoms with Crippen molar-refractivity contribution in [1.29, 1.82) is 0 Å². The van der Waals surface area contributed by atoms with Gasteiger partial charge in [-0.25, -0.2) is 14.1 Å². The number of phosphoric acid groups is 2. The number of carbonyl (C=O) groups excluding carboxylic acids is 1. The average molecular weight is 560 g/mol. The van der Waals surface area contributed by atoms with Gasteiger partial charge in [0.2, 0.25) is 5.95 Å². The Hall–Kier alpha value is -2.98. The third-order valence-electron chi connectivity index (χ3n) is 5.53. The molecular formula is C18H22N6O11P2. The number of ether oxygens (including phenoxy) is 1. The van der Waals surface area contributed by atoms with Gasteiger partial charge >= 0.3 is 15.6 Å². The van der Waals surface area contributed by atoms with Gasteiger partial charge < -0.3 is 35.6 Å². The number of nitrogens with one attached hydrogen (secondary N) is 2. The van der Waals surface area contributed by atoms with Crippen molar-refractivity contribution in [2.24, 2.45) is 0 Å². The first kappa shape index (κ1) is 27.1. The molecule has 4 unspecified atom stereocenters. The molecule has 0 saturated carbocycles. The molecule has 0 bridgehead atoms. The Kier molecular flexibility index (Phi) is 7.11. The molecule has 1 aliphatic heterocycles. The Morgan fingerprint density at radius 1 is 1.35 bits per heavy atom. The maximum absolute atomic E-state index is 13.6. The number of hydrogen-bond acceptors (Lipinski definition) is 12. The van der Waals surface area contributed by atoms with Crippen molar-refractivity contribution in [1.82, 2.24) is 19.5 Å². The van der Waals surface area contributed by atoms with Crippen molar-refractivity contribution in [3.8, 4) is 0 Å². The van der Waals surface area contributed by atoms with E-state index in [2.05, 4.69) is 29.1 Å². The van der Waals surface area contributed by atoms with E-state index in [0.29, 0.717) is 5.69 Å². The van der Waals surface area contributed by atoms with E-state index in [9.17, 15) is 28.7 Å². The fourth-order valence-corrected chi connectivity index (χ4v) is 5.52. The van der Waals surface area contributed by atoms with Crippen molar-refractivity contribution < 1.29 is 47.3 Å². The lowest BCUT2D eigenvalue weighted by molar-refractivity contribution is -0.0662. The summed E-state index contributed by atoms with van der Waals surface area (Å²) in [4.78, 5) is 63.3. The molecule has 4 atom stereocenters. The van der Waals surface area contributed by atoms with Crippen LogP contribution in [0.3, 0.4) is 0 Å². The van der Waals surface area contributed by atoms with Crippen LogP contribution in [-0.2, 0) is 22.7 Å². The summed E-state index contributed by atoms with van der Waals surface area (Å²) in [7, 11) is -9.22. The van der Waals surface area contributed by atoms with Crippen LogP contribution in [0.2, 0.25) is 0 Å². The number of aromatic nitrogens is 4. The van der Waals surface area contributed by atoms with Gasteiger partial charge in [0, 0.05) is 24.7 Å². The normalized spacial score (nSPS) is 23.7. The predicted molar refractivity (Wildman–Crippen MR) is 125 cm³/mol. The number of anilines is 2. The van der Waals surface area contributed by atoms with Crippen LogP contribution in [0, 0.1) is 0 Å². The number of hydrogen-bond donors (Lipinski definition) is 7. The highest BCUT2D eigenvalue weighted by Crippen LogP contribution is 2.58. The Bertz CT molecular complexity index is 1500. The molecular weight excluding hydrogens is 538 g/mol. The van der Waals surface area contributed by atoms with Gasteiger partial charge in [-0.1, -0.05) is 12.1 Å². The second kappa shape index (κ2) is 9.72. The number of benzene rings is 1. The molecule has 0 radical (unpaired) electrons. The van der Waals surface area contributed by atoms with Gasteiger partial charge in [-0.3, -0.25) is 23.7 Å². The minimum atomic E-state index is -5.43. The van der Waals surface area contributed by atoms with E-state index >= 15 is 0 Å². The second-order valence-corrected chi connectivity index (χ2v) is 10.8. The number of Topliss-reactive ketones (excluding diaryl/α,β-unsaturated/α-hetero) is 1. The molecule has 3 heterocycles. The summed E-state index contributed by atoms with van der Waals surface area (Å²) < 4.78 is 38.4. The summed E-state index contributed by atoms with van der Waals surface area (Å²) in [5.41, 5.74) is 2.84. The standard InChI is InChI=1S/C18H22N6O11P2/c1-20-10-5-3-2-4-9(10)14(25)18(27)6-12(24-8-21-13-15(24)22-17(19)23-16(13)26)34-11(18)7-33-37(31,32)35-36(28,29)30/h2-5,8,11-12,20,27H,6-7H2,1H3,(H,31,32)(H2,28,29,30)(H3,19,22,23,26). The van der Waals surface area contributed by atoms with Crippen molar-refractivity contribution >= 4 is 44.2 Å². The molecule has 17 nitrogen and oxygen atoms in total. The van der Waals surface area contributed by atoms with Gasteiger partial charge in [0.05, 0.1) is 12.9 Å². The lowest BCUT2D eigenvalue weighted by Gasteiger charge is -2.27. The summed E-state index contributed by atoms with van der Waals surface area (Å²) in [6.45, 7) is -1.00. The number of para-hydroxylation sites is 1. The molecule has 200 valence electrons. The Morgan fingerprint density at radius 2 is 2.05 bits per heavy atom. The Morgan fingerprint density at radius 3 is 2.73 bits per heavy atom. The lowest BCUT2D eigenvalue weighted by Crippen LogP contribution is -2.48. The summed E-state index contributed by atoms with van der Waals surface area (Å²) in [5, 5.41) is 14.4. The van der Waals surface area contributed by atoms with Gasteiger partial charge in [0.25, 0.3) is 5.56 Å². The Labute approximate surface area is 207 Å². The number of nitrogens with zero attached hydrogens (tertiary/aromatic N) is 3. The summed E-state index contributed by atoms with van der Waals surface area (Å²) in [5.74, 6) is -1.09. The van der Waals surface area contributed by atoms with Crippen LogP contribution in [0.4, 0.5) is 11.6 Å². The van der Waals surface area contributed by atoms with Crippen LogP contribution < -0.4 is 16.6 Å². The van der Waals surface area contributed by atoms with Gasteiger partial charge in [0.1, 0.15) is 12.3 Å². The molecule has 0 spiro atoms. The Balaban J connectivity index is 1.72. The summed E-state index contributed by atoms with van der Waals surface area (Å²) in [6.07, 6.45) is -2.16. The predicted octanol–water partition coefficient (Wildman–Crippen LogP) is -0.129. The fraction of sp³-hybridized carbons (Fsp3) is 0.333. The molecule has 0 amide bonds. The molecule has 1 aromatic carbocycles. The molecule has 2 aromatic heterocycles. The van der Waals surface area contributed by atoms with E-state index in [1.807, 2.05) is 0 Å². The number of H-pyrrole nitrogens is 1. The van der Waals surface area contributed by atoms with Gasteiger partial charge in [-0.15, -0.1) is 0 Å². The van der Waals surface area contributed by atoms with Crippen LogP contribution >= 0.6 is 15.6 Å².